The summed E-state index contributed by atoms with van der Waals surface area (Å²) in [7, 11) is 0. The van der Waals surface area contributed by atoms with Gasteiger partial charge in [0, 0.05) is 31.7 Å². The van der Waals surface area contributed by atoms with Gasteiger partial charge in [0.15, 0.2) is 5.82 Å². The molecule has 1 fully saturated rings. The predicted molar refractivity (Wildman–Crippen MR) is 94.9 cm³/mol. The number of hydrogen-bond donors (Lipinski definition) is 1. The van der Waals surface area contributed by atoms with Gasteiger partial charge in [-0.1, -0.05) is 12.1 Å². The maximum Gasteiger partial charge on any atom is 0.410 e. The van der Waals surface area contributed by atoms with Crippen LogP contribution in [0.25, 0.3) is 11.4 Å². The third kappa shape index (κ3) is 4.78. The Hall–Kier alpha value is -2.48. The van der Waals surface area contributed by atoms with Crippen LogP contribution in [0.5, 0.6) is 0 Å². The van der Waals surface area contributed by atoms with Crippen molar-refractivity contribution in [3.05, 3.63) is 35.9 Å². The average molecular weight is 361 g/mol. The first-order chi connectivity index (χ1) is 12.3. The van der Waals surface area contributed by atoms with Crippen LogP contribution in [0, 0.1) is 5.82 Å². The number of carbonyl (C=O) groups excluding carboxylic acids is 1. The first-order valence-electron chi connectivity index (χ1n) is 8.68. The van der Waals surface area contributed by atoms with Gasteiger partial charge in [0.25, 0.3) is 0 Å². The largest absolute Gasteiger partial charge is 0.444 e. The summed E-state index contributed by atoms with van der Waals surface area (Å²) in [5, 5.41) is 7.07. The first-order valence-corrected chi connectivity index (χ1v) is 8.68. The molecule has 0 radical (unpaired) electrons. The van der Waals surface area contributed by atoms with Gasteiger partial charge in [0.2, 0.25) is 0 Å². The van der Waals surface area contributed by atoms with Gasteiger partial charge in [-0.3, -0.25) is 10.00 Å². The number of H-pyrrole nitrogens is 1. The molecular formula is C18H24FN5O2. The smallest absolute Gasteiger partial charge is 0.410 e. The Kier molecular flexibility index (Phi) is 5.22. The highest BCUT2D eigenvalue weighted by Gasteiger charge is 2.26. The van der Waals surface area contributed by atoms with Crippen LogP contribution in [0.3, 0.4) is 0 Å². The molecule has 1 aromatic carbocycles. The van der Waals surface area contributed by atoms with Gasteiger partial charge in [-0.2, -0.15) is 5.10 Å². The highest BCUT2D eigenvalue weighted by atomic mass is 19.1. The van der Waals surface area contributed by atoms with E-state index in [1.165, 1.54) is 12.1 Å². The Morgan fingerprint density at radius 3 is 2.65 bits per heavy atom. The van der Waals surface area contributed by atoms with Crippen molar-refractivity contribution < 1.29 is 13.9 Å². The van der Waals surface area contributed by atoms with E-state index in [2.05, 4.69) is 20.1 Å². The van der Waals surface area contributed by atoms with Crippen LogP contribution in [0.2, 0.25) is 0 Å². The van der Waals surface area contributed by atoms with Crippen LogP contribution in [-0.4, -0.2) is 62.9 Å². The van der Waals surface area contributed by atoms with E-state index in [9.17, 15) is 9.18 Å². The van der Waals surface area contributed by atoms with Crippen molar-refractivity contribution in [1.82, 2.24) is 25.0 Å². The fraction of sp³-hybridized carbons (Fsp3) is 0.500. The van der Waals surface area contributed by atoms with E-state index in [0.717, 1.165) is 18.9 Å². The number of rotatable bonds is 3. The van der Waals surface area contributed by atoms with Gasteiger partial charge in [-0.25, -0.2) is 14.2 Å². The molecule has 26 heavy (non-hydrogen) atoms. The number of aromatic amines is 1. The van der Waals surface area contributed by atoms with Crippen molar-refractivity contribution in [2.45, 2.75) is 32.9 Å². The molecule has 2 heterocycles. The molecule has 8 heteroatoms. The number of aromatic nitrogens is 3. The Morgan fingerprint density at radius 1 is 1.27 bits per heavy atom. The standard InChI is InChI=1S/C18H24FN5O2/c1-18(2,3)26-17(25)24-9-7-23(8-10-24)12-15-20-16(22-21-15)13-5-4-6-14(19)11-13/h4-6,11H,7-10,12H2,1-3H3,(H,20,21,22). The maximum absolute atomic E-state index is 13.3. The van der Waals surface area contributed by atoms with Crippen molar-refractivity contribution >= 4 is 6.09 Å². The zero-order chi connectivity index (χ0) is 18.7. The summed E-state index contributed by atoms with van der Waals surface area (Å²) in [5.74, 6) is 0.883. The molecule has 0 spiro atoms. The second-order valence-electron chi connectivity index (χ2n) is 7.36. The van der Waals surface area contributed by atoms with E-state index in [1.54, 1.807) is 17.0 Å². The molecule has 1 amide bonds. The molecule has 1 aliphatic rings. The Balaban J connectivity index is 1.53. The number of carbonyl (C=O) groups is 1. The van der Waals surface area contributed by atoms with Crippen LogP contribution < -0.4 is 0 Å². The fourth-order valence-corrected chi connectivity index (χ4v) is 2.75. The van der Waals surface area contributed by atoms with Crippen molar-refractivity contribution in [2.75, 3.05) is 26.2 Å². The average Bonchev–Trinajstić information content (AvgIpc) is 3.02. The highest BCUT2D eigenvalue weighted by Crippen LogP contribution is 2.17. The van der Waals surface area contributed by atoms with Crippen LogP contribution in [-0.2, 0) is 11.3 Å². The minimum Gasteiger partial charge on any atom is -0.444 e. The summed E-state index contributed by atoms with van der Waals surface area (Å²) in [6.45, 7) is 8.87. The molecule has 140 valence electrons. The van der Waals surface area contributed by atoms with E-state index in [4.69, 9.17) is 4.74 Å². The van der Waals surface area contributed by atoms with Crippen molar-refractivity contribution in [2.24, 2.45) is 0 Å². The highest BCUT2D eigenvalue weighted by molar-refractivity contribution is 5.68. The number of benzene rings is 1. The van der Waals surface area contributed by atoms with Crippen molar-refractivity contribution in [3.63, 3.8) is 0 Å². The molecular weight excluding hydrogens is 337 g/mol. The van der Waals surface area contributed by atoms with Crippen LogP contribution in [0.15, 0.2) is 24.3 Å². The summed E-state index contributed by atoms with van der Waals surface area (Å²) in [4.78, 5) is 20.4. The summed E-state index contributed by atoms with van der Waals surface area (Å²) >= 11 is 0. The van der Waals surface area contributed by atoms with Crippen LogP contribution in [0.4, 0.5) is 9.18 Å². The number of halogens is 1. The Morgan fingerprint density at radius 2 is 2.00 bits per heavy atom. The Labute approximate surface area is 152 Å². The molecule has 1 N–H and O–H groups in total. The molecule has 1 aromatic heterocycles. The fourth-order valence-electron chi connectivity index (χ4n) is 2.75. The molecule has 1 saturated heterocycles. The lowest BCUT2D eigenvalue weighted by atomic mass is 10.2. The van der Waals surface area contributed by atoms with Gasteiger partial charge >= 0.3 is 6.09 Å². The third-order valence-corrected chi connectivity index (χ3v) is 4.01. The minimum absolute atomic E-state index is 0.273. The molecule has 7 nitrogen and oxygen atoms in total. The maximum atomic E-state index is 13.3. The molecule has 1 aliphatic heterocycles. The summed E-state index contributed by atoms with van der Waals surface area (Å²) in [5.41, 5.74) is 0.156. The first kappa shape index (κ1) is 18.3. The number of piperazine rings is 1. The van der Waals surface area contributed by atoms with Crippen molar-refractivity contribution in [1.29, 1.82) is 0 Å². The van der Waals surface area contributed by atoms with Gasteiger partial charge in [-0.15, -0.1) is 0 Å². The molecule has 2 aromatic rings. The van der Waals surface area contributed by atoms with Crippen molar-refractivity contribution in [3.8, 4) is 11.4 Å². The lowest BCUT2D eigenvalue weighted by Gasteiger charge is -2.35. The summed E-state index contributed by atoms with van der Waals surface area (Å²) < 4.78 is 18.7. The second-order valence-corrected chi connectivity index (χ2v) is 7.36. The number of hydrogen-bond acceptors (Lipinski definition) is 5. The van der Waals surface area contributed by atoms with Gasteiger partial charge in [-0.05, 0) is 32.9 Å². The monoisotopic (exact) mass is 361 g/mol. The lowest BCUT2D eigenvalue weighted by Crippen LogP contribution is -2.49. The molecule has 0 saturated carbocycles. The molecule has 0 unspecified atom stereocenters. The zero-order valence-corrected chi connectivity index (χ0v) is 15.3. The minimum atomic E-state index is -0.485. The lowest BCUT2D eigenvalue weighted by molar-refractivity contribution is 0.0137. The number of nitrogens with one attached hydrogen (secondary N) is 1. The summed E-state index contributed by atoms with van der Waals surface area (Å²) in [6, 6.07) is 6.21. The number of ether oxygens (including phenoxy) is 1. The van der Waals surface area contributed by atoms with Gasteiger partial charge in [0.1, 0.15) is 17.2 Å². The SMILES string of the molecule is CC(C)(C)OC(=O)N1CCN(Cc2nc(-c3cccc(F)c3)n[nH]2)CC1. The van der Waals surface area contributed by atoms with Crippen LogP contribution in [0.1, 0.15) is 26.6 Å². The number of amides is 1. The second kappa shape index (κ2) is 7.41. The van der Waals surface area contributed by atoms with E-state index in [-0.39, 0.29) is 11.9 Å². The zero-order valence-electron chi connectivity index (χ0n) is 15.3. The molecule has 0 atom stereocenters. The third-order valence-electron chi connectivity index (χ3n) is 4.01. The Bertz CT molecular complexity index is 763. The quantitative estimate of drug-likeness (QED) is 0.910. The van der Waals surface area contributed by atoms with Gasteiger partial charge in [0.05, 0.1) is 6.54 Å². The van der Waals surface area contributed by atoms with Gasteiger partial charge < -0.3 is 9.64 Å². The summed E-state index contributed by atoms with van der Waals surface area (Å²) in [6.07, 6.45) is -0.273. The molecule has 0 aliphatic carbocycles. The normalized spacial score (nSPS) is 15.9. The van der Waals surface area contributed by atoms with Crippen LogP contribution >= 0.6 is 0 Å². The van der Waals surface area contributed by atoms with E-state index >= 15 is 0 Å². The molecule has 0 bridgehead atoms. The van der Waals surface area contributed by atoms with E-state index < -0.39 is 5.60 Å². The van der Waals surface area contributed by atoms with E-state index in [0.29, 0.717) is 31.0 Å². The van der Waals surface area contributed by atoms with E-state index in [1.807, 2.05) is 20.8 Å². The molecule has 3 rings (SSSR count). The number of nitrogens with zero attached hydrogens (tertiary/aromatic N) is 4. The topological polar surface area (TPSA) is 74.3 Å². The predicted octanol–water partition coefficient (Wildman–Crippen LogP) is 2.66.